The Balaban J connectivity index is 1.01. The summed E-state index contributed by atoms with van der Waals surface area (Å²) in [5, 5.41) is 1.99. The highest BCUT2D eigenvalue weighted by Crippen LogP contribution is 2.42. The van der Waals surface area contributed by atoms with Crippen molar-refractivity contribution >= 4 is 21.8 Å². The number of fused-ring (bicyclic) bond motifs is 3. The third-order valence-corrected chi connectivity index (χ3v) is 11.7. The molecule has 0 amide bonds. The lowest BCUT2D eigenvalue weighted by molar-refractivity contribution is 0.448. The van der Waals surface area contributed by atoms with Gasteiger partial charge in [-0.2, -0.15) is 0 Å². The summed E-state index contributed by atoms with van der Waals surface area (Å²) in [5.74, 6) is 5.18. The number of hydrogen-bond donors (Lipinski definition) is 0. The van der Waals surface area contributed by atoms with Gasteiger partial charge in [-0.15, -0.1) is 0 Å². The van der Waals surface area contributed by atoms with Crippen molar-refractivity contribution in [2.24, 2.45) is 0 Å². The van der Waals surface area contributed by atoms with Gasteiger partial charge in [-0.25, -0.2) is 19.9 Å². The molecule has 9 nitrogen and oxygen atoms in total. The van der Waals surface area contributed by atoms with E-state index in [4.69, 9.17) is 28.9 Å². The van der Waals surface area contributed by atoms with Crippen LogP contribution in [-0.2, 0) is 0 Å². The largest absolute Gasteiger partial charge is 0.457 e. The molecule has 0 atom stereocenters. The average molecular weight is 872 g/mol. The van der Waals surface area contributed by atoms with Crippen molar-refractivity contribution in [1.29, 1.82) is 0 Å². The van der Waals surface area contributed by atoms with E-state index in [1.807, 2.05) is 134 Å². The molecule has 0 aliphatic heterocycles. The fourth-order valence-electron chi connectivity index (χ4n) is 8.60. The van der Waals surface area contributed by atoms with Crippen molar-refractivity contribution in [2.75, 3.05) is 0 Å². The zero-order valence-corrected chi connectivity index (χ0v) is 36.6. The molecule has 0 saturated carbocycles. The third kappa shape index (κ3) is 8.41. The highest BCUT2D eigenvalue weighted by atomic mass is 16.5. The minimum atomic E-state index is 0.493. The summed E-state index contributed by atoms with van der Waals surface area (Å²) in [5.41, 5.74) is 10.7. The highest BCUT2D eigenvalue weighted by molar-refractivity contribution is 6.09. The number of rotatable bonds is 12. The van der Waals surface area contributed by atoms with Gasteiger partial charge in [0.15, 0.2) is 0 Å². The molecular weight excluding hydrogens is 831 g/mol. The molecule has 0 N–H and O–H groups in total. The van der Waals surface area contributed by atoms with Crippen LogP contribution in [0.2, 0.25) is 0 Å². The van der Waals surface area contributed by atoms with Crippen LogP contribution in [0, 0.1) is 13.8 Å². The molecule has 9 heteroatoms. The number of pyridine rings is 2. The first-order valence-corrected chi connectivity index (χ1v) is 21.9. The minimum absolute atomic E-state index is 0.493. The van der Waals surface area contributed by atoms with E-state index in [9.17, 15) is 0 Å². The summed E-state index contributed by atoms with van der Waals surface area (Å²) < 4.78 is 27.1. The Morgan fingerprint density at radius 1 is 0.358 bits per heavy atom. The molecule has 11 aromatic rings. The van der Waals surface area contributed by atoms with E-state index in [-0.39, 0.29) is 0 Å². The number of benzene rings is 7. The smallest absolute Gasteiger partial charge is 0.234 e. The maximum Gasteiger partial charge on any atom is 0.234 e. The minimum Gasteiger partial charge on any atom is -0.457 e. The van der Waals surface area contributed by atoms with Crippen molar-refractivity contribution in [3.63, 3.8) is 0 Å². The lowest BCUT2D eigenvalue weighted by Gasteiger charge is -2.19. The first kappa shape index (κ1) is 40.7. The van der Waals surface area contributed by atoms with Crippen LogP contribution in [0.3, 0.4) is 0 Å². The van der Waals surface area contributed by atoms with Crippen LogP contribution in [0.4, 0.5) is 0 Å². The Kier molecular flexibility index (Phi) is 10.8. The van der Waals surface area contributed by atoms with Gasteiger partial charge in [0.25, 0.3) is 0 Å². The van der Waals surface area contributed by atoms with E-state index in [1.165, 1.54) is 0 Å². The fourth-order valence-corrected chi connectivity index (χ4v) is 8.60. The Bertz CT molecular complexity index is 3320. The predicted molar refractivity (Wildman–Crippen MR) is 264 cm³/mol. The molecule has 0 aliphatic carbocycles. The lowest BCUT2D eigenvalue weighted by Crippen LogP contribution is -2.02. The molecule has 67 heavy (non-hydrogen) atoms. The predicted octanol–water partition coefficient (Wildman–Crippen LogP) is 15.2. The quantitative estimate of drug-likeness (QED) is 0.120. The molecule has 322 valence electrons. The van der Waals surface area contributed by atoms with Crippen LogP contribution in [-0.4, -0.2) is 24.5 Å². The van der Waals surface area contributed by atoms with Crippen molar-refractivity contribution in [2.45, 2.75) is 13.8 Å². The molecule has 0 saturated heterocycles. The average Bonchev–Trinajstić information content (AvgIpc) is 3.68. The van der Waals surface area contributed by atoms with Crippen molar-refractivity contribution in [3.05, 3.63) is 224 Å². The lowest BCUT2D eigenvalue weighted by atomic mass is 9.85. The molecule has 0 unspecified atom stereocenters. The van der Waals surface area contributed by atoms with Gasteiger partial charge in [0, 0.05) is 77.5 Å². The van der Waals surface area contributed by atoms with Crippen molar-refractivity contribution in [3.8, 4) is 85.6 Å². The van der Waals surface area contributed by atoms with Gasteiger partial charge < -0.3 is 18.9 Å². The maximum absolute atomic E-state index is 6.51. The third-order valence-electron chi connectivity index (χ3n) is 11.7. The first-order valence-electron chi connectivity index (χ1n) is 21.9. The van der Waals surface area contributed by atoms with Crippen LogP contribution in [0.5, 0.6) is 46.3 Å². The summed E-state index contributed by atoms with van der Waals surface area (Å²) in [7, 11) is 0. The number of aromatic nitrogens is 5. The van der Waals surface area contributed by atoms with E-state index in [1.54, 1.807) is 12.4 Å². The molecule has 0 bridgehead atoms. The van der Waals surface area contributed by atoms with Crippen LogP contribution in [0.15, 0.2) is 213 Å². The summed E-state index contributed by atoms with van der Waals surface area (Å²) in [4.78, 5) is 18.9. The van der Waals surface area contributed by atoms with Crippen LogP contribution >= 0.6 is 0 Å². The summed E-state index contributed by atoms with van der Waals surface area (Å²) in [6.07, 6.45) is 7.25. The molecule has 0 spiro atoms. The number of nitrogens with zero attached hydrogens (tertiary/aromatic N) is 5. The van der Waals surface area contributed by atoms with E-state index < -0.39 is 0 Å². The monoisotopic (exact) mass is 871 g/mol. The van der Waals surface area contributed by atoms with Crippen LogP contribution in [0.25, 0.3) is 61.1 Å². The fraction of sp³-hybridized carbons (Fsp3) is 0.0345. The normalized spacial score (nSPS) is 11.1. The highest BCUT2D eigenvalue weighted by Gasteiger charge is 2.20. The zero-order chi connectivity index (χ0) is 45.1. The van der Waals surface area contributed by atoms with Gasteiger partial charge in [-0.1, -0.05) is 84.9 Å². The summed E-state index contributed by atoms with van der Waals surface area (Å²) in [6, 6.07) is 61.6. The molecule has 0 aliphatic rings. The van der Waals surface area contributed by atoms with Gasteiger partial charge in [-0.3, -0.25) is 4.57 Å². The molecule has 4 aromatic heterocycles. The Morgan fingerprint density at radius 3 is 1.24 bits per heavy atom. The second kappa shape index (κ2) is 17.8. The van der Waals surface area contributed by atoms with E-state index in [2.05, 4.69) is 95.1 Å². The van der Waals surface area contributed by atoms with Gasteiger partial charge in [0.2, 0.25) is 17.7 Å². The van der Waals surface area contributed by atoms with Crippen LogP contribution < -0.4 is 18.9 Å². The molecular formula is C58H41N5O4. The molecule has 11 rings (SSSR count). The number of ether oxygens (including phenoxy) is 4. The molecule has 0 fully saturated rings. The topological polar surface area (TPSA) is 93.4 Å². The maximum atomic E-state index is 6.51. The Labute approximate surface area is 387 Å². The Morgan fingerprint density at radius 2 is 0.791 bits per heavy atom. The molecule has 7 aromatic carbocycles. The Hall–Kier alpha value is -9.08. The van der Waals surface area contributed by atoms with Crippen molar-refractivity contribution in [1.82, 2.24) is 24.5 Å². The van der Waals surface area contributed by atoms with Crippen molar-refractivity contribution < 1.29 is 18.9 Å². The standard InChI is InChI=1S/C58H41N5O4/c1-38-51(40-15-5-3-6-16-40)35-52(41-17-7-4-8-18-41)39(2)57(38)42-36-61-58(62-37-42)63-53-33-47(64-43-19-13-21-45(31-43)66-55-23-9-11-29-59-55)25-27-49(53)50-28-26-48(34-54(50)63)65-44-20-14-22-46(32-44)67-56-24-10-12-30-60-56/h3-37H,1-2H3. The second-order valence-electron chi connectivity index (χ2n) is 16.0. The summed E-state index contributed by atoms with van der Waals surface area (Å²) in [6.45, 7) is 4.37. The second-order valence-corrected chi connectivity index (χ2v) is 16.0. The van der Waals surface area contributed by atoms with Gasteiger partial charge in [0.1, 0.15) is 34.5 Å². The first-order chi connectivity index (χ1) is 33.0. The van der Waals surface area contributed by atoms with Crippen LogP contribution in [0.1, 0.15) is 11.1 Å². The van der Waals surface area contributed by atoms with E-state index in [0.29, 0.717) is 52.2 Å². The van der Waals surface area contributed by atoms with Gasteiger partial charge >= 0.3 is 0 Å². The van der Waals surface area contributed by atoms with E-state index in [0.717, 1.165) is 66.3 Å². The summed E-state index contributed by atoms with van der Waals surface area (Å²) >= 11 is 0. The molecule has 4 heterocycles. The molecule has 0 radical (unpaired) electrons. The van der Waals surface area contributed by atoms with Gasteiger partial charge in [0.05, 0.1) is 11.0 Å². The number of hydrogen-bond acceptors (Lipinski definition) is 8. The van der Waals surface area contributed by atoms with Gasteiger partial charge in [-0.05, 0) is 120 Å². The van der Waals surface area contributed by atoms with E-state index >= 15 is 0 Å². The SMILES string of the molecule is Cc1c(-c2ccccc2)cc(-c2ccccc2)c(C)c1-c1cnc(-n2c3cc(Oc4cccc(Oc5ccccn5)c4)ccc3c3ccc(Oc4cccc(Oc5ccccn5)c4)cc32)nc1. The zero-order valence-electron chi connectivity index (χ0n) is 36.6.